The summed E-state index contributed by atoms with van der Waals surface area (Å²) in [5, 5.41) is 2.61. The quantitative estimate of drug-likeness (QED) is 0.281. The first-order valence-corrected chi connectivity index (χ1v) is 13.1. The van der Waals surface area contributed by atoms with Crippen LogP contribution in [0.4, 0.5) is 10.5 Å². The number of carbonyl (C=O) groups excluding carboxylic acids is 3. The van der Waals surface area contributed by atoms with E-state index in [4.69, 9.17) is 9.73 Å². The number of nitrogens with one attached hydrogen (secondary N) is 1. The number of Topliss-reactive ketones (excluding diaryl/α,β-unsaturated/α-hetero) is 1. The average molecular weight is 582 g/mol. The molecule has 0 fully saturated rings. The van der Waals surface area contributed by atoms with Crippen molar-refractivity contribution in [3.05, 3.63) is 136 Å². The zero-order valence-electron chi connectivity index (χ0n) is 20.8. The van der Waals surface area contributed by atoms with Crippen molar-refractivity contribution in [2.45, 2.75) is 12.8 Å². The summed E-state index contributed by atoms with van der Waals surface area (Å²) >= 11 is 3.42. The zero-order chi connectivity index (χ0) is 27.2. The highest BCUT2D eigenvalue weighted by Gasteiger charge is 2.34. The van der Waals surface area contributed by atoms with Crippen molar-refractivity contribution in [3.63, 3.8) is 0 Å². The minimum Gasteiger partial charge on any atom is -0.445 e. The molecule has 0 unspecified atom stereocenters. The Morgan fingerprint density at radius 2 is 1.49 bits per heavy atom. The first kappa shape index (κ1) is 26.1. The van der Waals surface area contributed by atoms with Crippen molar-refractivity contribution in [1.82, 2.24) is 5.32 Å². The smallest absolute Gasteiger partial charge is 0.409 e. The van der Waals surface area contributed by atoms with Gasteiger partial charge in [-0.1, -0.05) is 113 Å². The third-order valence-corrected chi connectivity index (χ3v) is 6.89. The molecule has 8 heteroatoms. The number of para-hydroxylation sites is 1. The number of anilines is 1. The Morgan fingerprint density at radius 1 is 0.846 bits per heavy atom. The van der Waals surface area contributed by atoms with Crippen LogP contribution in [-0.2, 0) is 16.1 Å². The van der Waals surface area contributed by atoms with Crippen LogP contribution >= 0.6 is 15.9 Å². The molecule has 0 aliphatic carbocycles. The molecular weight excluding hydrogens is 558 g/mol. The fourth-order valence-corrected chi connectivity index (χ4v) is 4.81. The topological polar surface area (TPSA) is 88.1 Å². The van der Waals surface area contributed by atoms with Gasteiger partial charge in [-0.25, -0.2) is 9.79 Å². The van der Waals surface area contributed by atoms with Crippen molar-refractivity contribution >= 4 is 45.1 Å². The number of ether oxygens (including phenoxy) is 1. The molecule has 0 saturated carbocycles. The monoisotopic (exact) mass is 581 g/mol. The van der Waals surface area contributed by atoms with Crippen LogP contribution < -0.4 is 10.2 Å². The molecule has 5 rings (SSSR count). The molecule has 1 N–H and O–H groups in total. The zero-order valence-corrected chi connectivity index (χ0v) is 22.4. The summed E-state index contributed by atoms with van der Waals surface area (Å²) in [7, 11) is 0. The lowest BCUT2D eigenvalue weighted by Crippen LogP contribution is -2.49. The number of carbonyl (C=O) groups is 3. The standard InChI is InChI=1S/C31H24BrN3O4/c32-25-17-9-7-15-23(25)27(36)19-35-26-18-10-8-16-24(26)28(22-13-5-2-6-14-22)33-29(30(35)37)34-31(38)39-20-21-11-3-1-4-12-21/h1-18,29H,19-20H2,(H,34,38)/t29-/m0/s1. The van der Waals surface area contributed by atoms with E-state index in [1.54, 1.807) is 30.3 Å². The Labute approximate surface area is 234 Å². The van der Waals surface area contributed by atoms with Crippen LogP contribution in [0.3, 0.4) is 0 Å². The van der Waals surface area contributed by atoms with Crippen LogP contribution in [0.25, 0.3) is 0 Å². The van der Waals surface area contributed by atoms with Gasteiger partial charge >= 0.3 is 6.09 Å². The van der Waals surface area contributed by atoms with E-state index >= 15 is 0 Å². The summed E-state index contributed by atoms with van der Waals surface area (Å²) in [4.78, 5) is 46.2. The molecule has 7 nitrogen and oxygen atoms in total. The van der Waals surface area contributed by atoms with Crippen LogP contribution in [0.15, 0.2) is 119 Å². The molecule has 1 aliphatic rings. The summed E-state index contributed by atoms with van der Waals surface area (Å²) in [6, 6.07) is 32.9. The molecule has 2 amide bonds. The molecule has 194 valence electrons. The number of nitrogens with zero attached hydrogens (tertiary/aromatic N) is 2. The number of halogens is 1. The maximum atomic E-state index is 13.9. The van der Waals surface area contributed by atoms with E-state index in [9.17, 15) is 14.4 Å². The van der Waals surface area contributed by atoms with Crippen LogP contribution in [0.1, 0.15) is 27.0 Å². The lowest BCUT2D eigenvalue weighted by molar-refractivity contribution is -0.120. The highest BCUT2D eigenvalue weighted by atomic mass is 79.9. The van der Waals surface area contributed by atoms with E-state index in [0.29, 0.717) is 27.0 Å². The molecule has 0 spiro atoms. The maximum absolute atomic E-state index is 13.9. The van der Waals surface area contributed by atoms with Gasteiger partial charge in [-0.15, -0.1) is 0 Å². The van der Waals surface area contributed by atoms with Crippen LogP contribution in [-0.4, -0.2) is 36.2 Å². The Hall–Kier alpha value is -4.56. The molecule has 0 saturated heterocycles. The second kappa shape index (κ2) is 11.9. The Kier molecular flexibility index (Phi) is 7.94. The number of rotatable bonds is 7. The molecule has 1 aliphatic heterocycles. The van der Waals surface area contributed by atoms with E-state index in [2.05, 4.69) is 21.2 Å². The fraction of sp³-hybridized carbons (Fsp3) is 0.0968. The highest BCUT2D eigenvalue weighted by molar-refractivity contribution is 9.10. The Balaban J connectivity index is 1.50. The van der Waals surface area contributed by atoms with Gasteiger partial charge < -0.3 is 9.64 Å². The average Bonchev–Trinajstić information content (AvgIpc) is 3.08. The normalized spacial score (nSPS) is 14.6. The van der Waals surface area contributed by atoms with Crippen LogP contribution in [0, 0.1) is 0 Å². The first-order valence-electron chi connectivity index (χ1n) is 12.3. The van der Waals surface area contributed by atoms with E-state index in [1.807, 2.05) is 78.9 Å². The minimum atomic E-state index is -1.32. The van der Waals surface area contributed by atoms with Crippen molar-refractivity contribution < 1.29 is 19.1 Å². The maximum Gasteiger partial charge on any atom is 0.409 e. The number of aliphatic imine (C=N–C) groups is 1. The summed E-state index contributed by atoms with van der Waals surface area (Å²) in [5.74, 6) is -0.815. The SMILES string of the molecule is O=C(N[C@@H]1N=C(c2ccccc2)c2ccccc2N(CC(=O)c2ccccc2Br)C1=O)OCc1ccccc1. The van der Waals surface area contributed by atoms with Crippen molar-refractivity contribution in [3.8, 4) is 0 Å². The van der Waals surface area contributed by atoms with E-state index in [0.717, 1.165) is 11.1 Å². The molecule has 0 radical (unpaired) electrons. The summed E-state index contributed by atoms with van der Waals surface area (Å²) in [5.41, 5.74) is 3.72. The Bertz CT molecular complexity index is 1540. The van der Waals surface area contributed by atoms with E-state index in [-0.39, 0.29) is 18.9 Å². The third kappa shape index (κ3) is 5.97. The Morgan fingerprint density at radius 3 is 2.23 bits per heavy atom. The van der Waals surface area contributed by atoms with Gasteiger partial charge in [-0.2, -0.15) is 0 Å². The summed E-state index contributed by atoms with van der Waals surface area (Å²) in [6.45, 7) is -0.208. The van der Waals surface area contributed by atoms with Crippen molar-refractivity contribution in [2.75, 3.05) is 11.4 Å². The molecule has 39 heavy (non-hydrogen) atoms. The molecule has 0 aromatic heterocycles. The number of hydrogen-bond acceptors (Lipinski definition) is 5. The number of alkyl carbamates (subject to hydrolysis) is 1. The number of benzodiazepines with no additional fused rings is 1. The van der Waals surface area contributed by atoms with E-state index < -0.39 is 18.2 Å². The van der Waals surface area contributed by atoms with Gasteiger partial charge in [0.1, 0.15) is 6.61 Å². The number of fused-ring (bicyclic) bond motifs is 1. The van der Waals surface area contributed by atoms with Crippen molar-refractivity contribution in [2.24, 2.45) is 4.99 Å². The van der Waals surface area contributed by atoms with Gasteiger partial charge in [-0.3, -0.25) is 14.9 Å². The van der Waals surface area contributed by atoms with Gasteiger partial charge in [0.05, 0.1) is 17.9 Å². The molecule has 4 aromatic carbocycles. The number of hydrogen-bond donors (Lipinski definition) is 1. The van der Waals surface area contributed by atoms with Gasteiger partial charge in [0, 0.05) is 21.2 Å². The van der Waals surface area contributed by atoms with Crippen molar-refractivity contribution in [1.29, 1.82) is 0 Å². The van der Waals surface area contributed by atoms with E-state index in [1.165, 1.54) is 4.90 Å². The van der Waals surface area contributed by atoms with Gasteiger partial charge in [0.15, 0.2) is 5.78 Å². The lowest BCUT2D eigenvalue weighted by Gasteiger charge is -2.25. The lowest BCUT2D eigenvalue weighted by atomic mass is 10.00. The number of amides is 2. The second-order valence-corrected chi connectivity index (χ2v) is 9.65. The first-order chi connectivity index (χ1) is 19.0. The largest absolute Gasteiger partial charge is 0.445 e. The number of benzene rings is 4. The minimum absolute atomic E-state index is 0.0350. The molecule has 1 atom stereocenters. The van der Waals surface area contributed by atoms with Gasteiger partial charge in [-0.05, 0) is 17.7 Å². The summed E-state index contributed by atoms with van der Waals surface area (Å²) in [6.07, 6.45) is -2.11. The molecule has 1 heterocycles. The number of ketones is 1. The fourth-order valence-electron chi connectivity index (χ4n) is 4.31. The summed E-state index contributed by atoms with van der Waals surface area (Å²) < 4.78 is 6.01. The third-order valence-electron chi connectivity index (χ3n) is 6.20. The van der Waals surface area contributed by atoms with Crippen LogP contribution in [0.5, 0.6) is 0 Å². The highest BCUT2D eigenvalue weighted by Crippen LogP contribution is 2.29. The molecule has 4 aromatic rings. The predicted molar refractivity (Wildman–Crippen MR) is 153 cm³/mol. The molecular formula is C31H24BrN3O4. The predicted octanol–water partition coefficient (Wildman–Crippen LogP) is 5.77. The van der Waals surface area contributed by atoms with Crippen LogP contribution in [0.2, 0.25) is 0 Å². The van der Waals surface area contributed by atoms with Gasteiger partial charge in [0.25, 0.3) is 5.91 Å². The molecule has 0 bridgehead atoms. The van der Waals surface area contributed by atoms with Gasteiger partial charge in [0.2, 0.25) is 6.17 Å². The second-order valence-electron chi connectivity index (χ2n) is 8.80.